The Morgan fingerprint density at radius 2 is 1.11 bits per heavy atom. The zero-order valence-electron chi connectivity index (χ0n) is 46.0. The van der Waals surface area contributed by atoms with Gasteiger partial charge in [0.15, 0.2) is 22.9 Å². The van der Waals surface area contributed by atoms with Crippen LogP contribution in [0.4, 0.5) is 51.2 Å². The van der Waals surface area contributed by atoms with Crippen molar-refractivity contribution >= 4 is 162 Å². The summed E-state index contributed by atoms with van der Waals surface area (Å²) in [5.74, 6) is -4.01. The number of rotatable bonds is 20. The molecule has 0 radical (unpaired) electrons. The molecule has 0 saturated heterocycles. The lowest BCUT2D eigenvalue weighted by Gasteiger charge is -2.15. The molecule has 8 rings (SSSR count). The molecule has 0 spiro atoms. The molecule has 51 heteroatoms. The summed E-state index contributed by atoms with van der Waals surface area (Å²) in [6.45, 7) is 1.50. The van der Waals surface area contributed by atoms with Gasteiger partial charge in [-0.3, -0.25) is 51.9 Å². The molecule has 43 nitrogen and oxygen atoms in total. The lowest BCUT2D eigenvalue weighted by molar-refractivity contribution is -0.432. The fraction of sp³-hybridized carbons (Fsp3) is 0.0455. The number of fused-ring (bicyclic) bond motifs is 2. The molecule has 1 heterocycles. The fourth-order valence-electron chi connectivity index (χ4n) is 8.16. The van der Waals surface area contributed by atoms with Crippen LogP contribution in [0.15, 0.2) is 170 Å². The van der Waals surface area contributed by atoms with E-state index >= 15 is 0 Å². The monoisotopic (exact) mass is 1480 g/mol. The van der Waals surface area contributed by atoms with E-state index in [2.05, 4.69) is 50.3 Å². The molecule has 8 aromatic rings. The van der Waals surface area contributed by atoms with E-state index < -0.39 is 222 Å². The number of aromatic amines is 1. The van der Waals surface area contributed by atoms with Crippen LogP contribution in [-0.4, -0.2) is 139 Å². The molecule has 0 saturated carbocycles. The van der Waals surface area contributed by atoms with Crippen LogP contribution in [0.1, 0.15) is 16.1 Å². The van der Waals surface area contributed by atoms with E-state index in [0.29, 0.717) is 42.0 Å². The summed E-state index contributed by atoms with van der Waals surface area (Å²) in [6.07, 6.45) is 0. The number of carboxylic acids is 1. The summed E-state index contributed by atoms with van der Waals surface area (Å²) in [5, 5.41) is 82.9. The van der Waals surface area contributed by atoms with Crippen LogP contribution in [0.5, 0.6) is 11.5 Å². The average molecular weight is 1480 g/mol. The number of nitro benzene ring substituents is 1. The number of aromatic hydroxyl groups is 2. The van der Waals surface area contributed by atoms with Gasteiger partial charge in [-0.2, -0.15) is 69.2 Å². The molecule has 0 amide bonds. The number of aryl methyl sites for hydroxylation is 1. The van der Waals surface area contributed by atoms with Crippen molar-refractivity contribution in [2.75, 3.05) is 12.8 Å². The first-order valence-corrected chi connectivity index (χ1v) is 34.6. The van der Waals surface area contributed by atoms with Crippen LogP contribution in [0.3, 0.4) is 0 Å². The third-order valence-corrected chi connectivity index (χ3v) is 18.9. The number of nitrogen functional groups attached to an aromatic ring is 1. The predicted octanol–water partition coefficient (Wildman–Crippen LogP) is 7.18. The molecular formula is C44H34N12O31S8. The number of phenols is 2. The molecule has 0 bridgehead atoms. The number of phenolic OH excluding ortho intramolecular Hbond substituents is 2. The lowest BCUT2D eigenvalue weighted by Crippen LogP contribution is -2.18. The van der Waals surface area contributed by atoms with Crippen molar-refractivity contribution in [2.45, 2.75) is 46.1 Å². The minimum atomic E-state index is -5.47. The van der Waals surface area contributed by atoms with E-state index in [0.717, 1.165) is 49.5 Å². The van der Waals surface area contributed by atoms with Crippen LogP contribution >= 0.6 is 12.0 Å². The number of nitrogens with one attached hydrogen (secondary N) is 1. The number of aromatic carboxylic acids is 1. The van der Waals surface area contributed by atoms with Crippen molar-refractivity contribution in [3.63, 3.8) is 0 Å². The highest BCUT2D eigenvalue weighted by Gasteiger charge is 2.32. The van der Waals surface area contributed by atoms with E-state index in [1.54, 1.807) is 0 Å². The number of carboxylic acid groups (broad SMARTS) is 1. The van der Waals surface area contributed by atoms with Gasteiger partial charge < -0.3 is 21.1 Å². The number of carbonyl (C=O) groups is 1. The van der Waals surface area contributed by atoms with Crippen LogP contribution in [0.2, 0.25) is 0 Å². The van der Waals surface area contributed by atoms with Crippen LogP contribution < -0.4 is 11.3 Å². The first-order valence-electron chi connectivity index (χ1n) is 23.8. The highest BCUT2D eigenvalue weighted by molar-refractivity contribution is 7.94. The number of nitro groups is 1. The Morgan fingerprint density at radius 1 is 0.568 bits per heavy atom. The quantitative estimate of drug-likeness (QED) is 0.00683. The number of benzene rings is 7. The Hall–Kier alpha value is -9.66. The highest BCUT2D eigenvalue weighted by Crippen LogP contribution is 2.51. The Labute approximate surface area is 532 Å². The molecule has 7 aromatic carbocycles. The van der Waals surface area contributed by atoms with Gasteiger partial charge in [0.1, 0.15) is 63.5 Å². The maximum atomic E-state index is 13.0. The summed E-state index contributed by atoms with van der Waals surface area (Å²) in [6, 6.07) is 10.6. The van der Waals surface area contributed by atoms with Crippen molar-refractivity contribution in [2.24, 2.45) is 40.9 Å². The van der Waals surface area contributed by atoms with Crippen LogP contribution in [-0.2, 0) is 80.2 Å². The van der Waals surface area contributed by atoms with Gasteiger partial charge in [-0.05, 0) is 79.2 Å². The second-order valence-electron chi connectivity index (χ2n) is 18.1. The Kier molecular flexibility index (Phi) is 20.4. The predicted molar refractivity (Wildman–Crippen MR) is 316 cm³/mol. The summed E-state index contributed by atoms with van der Waals surface area (Å²) in [7, 11) is -35.1. The number of hydrogen-bond donors (Lipinski definition) is 13. The number of anilines is 1. The zero-order chi connectivity index (χ0) is 71.2. The van der Waals surface area contributed by atoms with Gasteiger partial charge in [0.25, 0.3) is 82.1 Å². The molecule has 0 aliphatic carbocycles. The zero-order valence-corrected chi connectivity index (χ0v) is 52.5. The molecule has 0 unspecified atom stereocenters. The molecular weight excluding hydrogens is 1450 g/mol. The van der Waals surface area contributed by atoms with Crippen LogP contribution in [0, 0.1) is 17.0 Å². The van der Waals surface area contributed by atoms with Gasteiger partial charge in [-0.25, -0.2) is 14.7 Å². The van der Waals surface area contributed by atoms with E-state index in [9.17, 15) is 126 Å². The van der Waals surface area contributed by atoms with Crippen LogP contribution in [0.25, 0.3) is 27.2 Å². The number of nitrogens with zero attached hydrogens (tertiary/aromatic N) is 10. The Morgan fingerprint density at radius 3 is 1.63 bits per heavy atom. The van der Waals surface area contributed by atoms with E-state index in [4.69, 9.17) is 11.0 Å². The van der Waals surface area contributed by atoms with Crippen molar-refractivity contribution in [1.82, 2.24) is 9.78 Å². The standard InChI is InChI=1S/C27H20N8O19S5.C17H14N4O12S3/c1-29-33-24-20(58(47,48)49)8-12-11(25(24)36)3-5-15(27(12)59(50,51)52)31-32-16-9-18(56(41,42)43)13-7-17(55-54-53-40)23(26(37)21(13)22(16)28)34-30-14-4-2-10(35(38)39)6-19(14)57(44,45)46;1-8-2-4-10(13(6-8)36(31,32)33)18-19-14-15(17(23)24)20-21(16(14)22)11-7-9(34(25,26)27)3-5-12(11)35(28,29)30/h2-9,36-37,40H,28H2,1H3,(H,41,42,43)(H,44,45,46)(H,47,48,49)(H,50,51,52);2-7,20H,1H3,(H,23,24)(H,25,26,27)(H,28,29,30)(H,31,32,33). The third-order valence-electron chi connectivity index (χ3n) is 12.1. The summed E-state index contributed by atoms with van der Waals surface area (Å²) < 4.78 is 241. The van der Waals surface area contributed by atoms with Crippen molar-refractivity contribution in [3.05, 3.63) is 117 Å². The van der Waals surface area contributed by atoms with E-state index in [-0.39, 0.29) is 16.7 Å². The van der Waals surface area contributed by atoms with Gasteiger partial charge in [0.05, 0.1) is 43.5 Å². The van der Waals surface area contributed by atoms with Gasteiger partial charge >= 0.3 is 5.97 Å². The first-order chi connectivity index (χ1) is 43.7. The van der Waals surface area contributed by atoms with Gasteiger partial charge in [-0.1, -0.05) is 11.1 Å². The van der Waals surface area contributed by atoms with Crippen molar-refractivity contribution in [1.29, 1.82) is 0 Å². The maximum absolute atomic E-state index is 13.0. The minimum absolute atomic E-state index is 0.0109. The number of hydrogen-bond acceptors (Lipinski definition) is 33. The van der Waals surface area contributed by atoms with E-state index in [1.807, 2.05) is 5.10 Å². The minimum Gasteiger partial charge on any atom is -0.505 e. The molecule has 0 aliphatic heterocycles. The number of non-ortho nitro benzene ring substituents is 1. The lowest BCUT2D eigenvalue weighted by atomic mass is 10.0. The van der Waals surface area contributed by atoms with Gasteiger partial charge in [-0.15, -0.1) is 35.0 Å². The van der Waals surface area contributed by atoms with Gasteiger partial charge in [0, 0.05) is 35.3 Å². The third kappa shape index (κ3) is 15.8. The molecule has 0 atom stereocenters. The number of H-pyrrole nitrogens is 1. The second-order valence-corrected chi connectivity index (χ2v) is 28.6. The number of nitrogens with two attached hydrogens (primary N) is 1. The van der Waals surface area contributed by atoms with Crippen molar-refractivity contribution in [3.8, 4) is 17.2 Å². The molecule has 1 aromatic heterocycles. The topological polar surface area (TPSA) is 703 Å². The highest BCUT2D eigenvalue weighted by atomic mass is 32.2. The molecule has 0 fully saturated rings. The van der Waals surface area contributed by atoms with Crippen molar-refractivity contribution < 1.29 is 130 Å². The number of aromatic nitrogens is 2. The second kappa shape index (κ2) is 26.6. The average Bonchev–Trinajstić information content (AvgIpc) is 1.10. The summed E-state index contributed by atoms with van der Waals surface area (Å²) >= 11 is 0.0109. The normalized spacial score (nSPS) is 13.0. The Balaban J connectivity index is 0.000000302. The first kappa shape index (κ1) is 72.8. The summed E-state index contributed by atoms with van der Waals surface area (Å²) in [5.41, 5.74) is -3.72. The molecule has 14 N–H and O–H groups in total. The molecule has 504 valence electrons. The maximum Gasteiger partial charge on any atom is 0.356 e. The van der Waals surface area contributed by atoms with Gasteiger partial charge in [0.2, 0.25) is 0 Å². The largest absolute Gasteiger partial charge is 0.505 e. The fourth-order valence-corrected chi connectivity index (χ4v) is 13.3. The molecule has 95 heavy (non-hydrogen) atoms. The number of azo groups is 4. The SMILES string of the molecule is CN=Nc1c(S(=O)(=O)O)cc2c(S(=O)(=O)O)c(N=Nc3cc(S(=O)(=O)O)c4cc(SOOO)c(N=Nc5ccc([N+](=O)[O-])cc5S(=O)(=O)O)c(O)c4c3N)ccc2c1O.Cc1ccc(N=Nc2c(C(=O)O)[nH]n(-c3cc(S(=O)(=O)O)ccc3S(=O)(=O)O)c2=O)c(S(=O)(=O)O)c1. The smallest absolute Gasteiger partial charge is 0.356 e. The Bertz CT molecular complexity index is 5670. The summed E-state index contributed by atoms with van der Waals surface area (Å²) in [4.78, 5) is 27.0. The van der Waals surface area contributed by atoms with E-state index in [1.165, 1.54) is 13.0 Å². The molecule has 0 aliphatic rings.